The van der Waals surface area contributed by atoms with Gasteiger partial charge in [0, 0.05) is 10.0 Å². The van der Waals surface area contributed by atoms with Gasteiger partial charge in [0.25, 0.3) is 6.01 Å². The van der Waals surface area contributed by atoms with E-state index in [0.717, 1.165) is 4.47 Å². The van der Waals surface area contributed by atoms with Crippen molar-refractivity contribution < 1.29 is 9.13 Å². The largest absolute Gasteiger partial charge is 0.468 e. The van der Waals surface area contributed by atoms with Gasteiger partial charge in [-0.2, -0.15) is 0 Å². The molecule has 78 valence electrons. The van der Waals surface area contributed by atoms with Crippen LogP contribution in [0.1, 0.15) is 0 Å². The van der Waals surface area contributed by atoms with Crippen LogP contribution in [0.3, 0.4) is 0 Å². The zero-order chi connectivity index (χ0) is 10.8. The summed E-state index contributed by atoms with van der Waals surface area (Å²) in [6, 6.07) is 5.09. The number of imidazole rings is 1. The van der Waals surface area contributed by atoms with Crippen molar-refractivity contribution in [3.63, 3.8) is 0 Å². The molecule has 1 aromatic carbocycles. The predicted octanol–water partition coefficient (Wildman–Crippen LogP) is 2.99. The van der Waals surface area contributed by atoms with E-state index < -0.39 is 0 Å². The van der Waals surface area contributed by atoms with Crippen LogP contribution in [-0.4, -0.2) is 17.1 Å². The Morgan fingerprint density at radius 3 is 2.93 bits per heavy atom. The highest BCUT2D eigenvalue weighted by molar-refractivity contribution is 9.10. The lowest BCUT2D eigenvalue weighted by molar-refractivity contribution is 0.384. The minimum atomic E-state index is -0.301. The van der Waals surface area contributed by atoms with Crippen molar-refractivity contribution in [1.82, 2.24) is 9.97 Å². The summed E-state index contributed by atoms with van der Waals surface area (Å²) in [7, 11) is 1.50. The van der Waals surface area contributed by atoms with Gasteiger partial charge in [0.05, 0.1) is 19.0 Å². The van der Waals surface area contributed by atoms with Gasteiger partial charge in [-0.3, -0.25) is 0 Å². The number of nitrogens with one attached hydrogen (secondary N) is 1. The molecule has 2 aromatic rings. The molecule has 0 saturated heterocycles. The van der Waals surface area contributed by atoms with Gasteiger partial charge < -0.3 is 9.72 Å². The first-order chi connectivity index (χ1) is 7.20. The summed E-state index contributed by atoms with van der Waals surface area (Å²) in [6.07, 6.45) is 1.53. The van der Waals surface area contributed by atoms with Crippen molar-refractivity contribution in [1.29, 1.82) is 0 Å². The number of methoxy groups -OCH3 is 1. The Balaban J connectivity index is 2.48. The highest BCUT2D eigenvalue weighted by Gasteiger charge is 2.08. The maximum atomic E-state index is 13.5. The lowest BCUT2D eigenvalue weighted by Gasteiger charge is -2.00. The number of hydrogen-bond acceptors (Lipinski definition) is 2. The van der Waals surface area contributed by atoms with Crippen LogP contribution in [0, 0.1) is 5.82 Å². The number of rotatable bonds is 2. The van der Waals surface area contributed by atoms with Crippen molar-refractivity contribution in [3.8, 4) is 17.3 Å². The Kier molecular flexibility index (Phi) is 2.73. The predicted molar refractivity (Wildman–Crippen MR) is 58.2 cm³/mol. The van der Waals surface area contributed by atoms with Crippen molar-refractivity contribution in [2.24, 2.45) is 0 Å². The van der Waals surface area contributed by atoms with Crippen LogP contribution in [0.2, 0.25) is 0 Å². The Labute approximate surface area is 94.4 Å². The van der Waals surface area contributed by atoms with E-state index in [2.05, 4.69) is 25.9 Å². The number of aromatic amines is 1. The van der Waals surface area contributed by atoms with Crippen LogP contribution in [0.25, 0.3) is 11.3 Å². The van der Waals surface area contributed by atoms with Gasteiger partial charge in [0.2, 0.25) is 0 Å². The van der Waals surface area contributed by atoms with Crippen LogP contribution in [0.15, 0.2) is 28.9 Å². The van der Waals surface area contributed by atoms with Gasteiger partial charge in [-0.1, -0.05) is 15.9 Å². The molecule has 0 amide bonds. The van der Waals surface area contributed by atoms with Gasteiger partial charge in [0.15, 0.2) is 0 Å². The fraction of sp³-hybridized carbons (Fsp3) is 0.100. The number of hydrogen-bond donors (Lipinski definition) is 1. The molecule has 0 aliphatic rings. The van der Waals surface area contributed by atoms with Crippen LogP contribution in [0.5, 0.6) is 6.01 Å². The van der Waals surface area contributed by atoms with E-state index in [1.807, 2.05) is 0 Å². The van der Waals surface area contributed by atoms with Crippen molar-refractivity contribution in [3.05, 3.63) is 34.7 Å². The van der Waals surface area contributed by atoms with E-state index in [1.165, 1.54) is 19.4 Å². The highest BCUT2D eigenvalue weighted by atomic mass is 79.9. The molecular formula is C10H8BrFN2O. The SMILES string of the molecule is COc1ncc(-c2cc(Br)ccc2F)[nH]1. The zero-order valence-electron chi connectivity index (χ0n) is 7.92. The summed E-state index contributed by atoms with van der Waals surface area (Å²) < 4.78 is 19.2. The average molecular weight is 271 g/mol. The van der Waals surface area contributed by atoms with Gasteiger partial charge >= 0.3 is 0 Å². The minimum Gasteiger partial charge on any atom is -0.468 e. The molecule has 0 bridgehead atoms. The molecule has 1 heterocycles. The molecule has 0 spiro atoms. The smallest absolute Gasteiger partial charge is 0.293 e. The Hall–Kier alpha value is -1.36. The number of aromatic nitrogens is 2. The standard InChI is InChI=1S/C10H8BrFN2O/c1-15-10-13-5-9(14-10)7-4-6(11)2-3-8(7)12/h2-5H,1H3,(H,13,14). The second-order valence-corrected chi connectivity index (χ2v) is 3.85. The molecule has 0 atom stereocenters. The first kappa shape index (κ1) is 10.2. The zero-order valence-corrected chi connectivity index (χ0v) is 9.51. The molecule has 0 aliphatic heterocycles. The van der Waals surface area contributed by atoms with Gasteiger partial charge in [-0.05, 0) is 18.2 Å². The van der Waals surface area contributed by atoms with Crippen molar-refractivity contribution >= 4 is 15.9 Å². The van der Waals surface area contributed by atoms with Crippen LogP contribution >= 0.6 is 15.9 Å². The van der Waals surface area contributed by atoms with E-state index >= 15 is 0 Å². The number of H-pyrrole nitrogens is 1. The number of benzene rings is 1. The number of nitrogens with zero attached hydrogens (tertiary/aromatic N) is 1. The third-order valence-electron chi connectivity index (χ3n) is 1.96. The molecule has 0 fully saturated rings. The summed E-state index contributed by atoms with van der Waals surface area (Å²) in [4.78, 5) is 6.78. The van der Waals surface area contributed by atoms with E-state index in [9.17, 15) is 4.39 Å². The summed E-state index contributed by atoms with van der Waals surface area (Å²) in [5, 5.41) is 0. The number of ether oxygens (including phenoxy) is 1. The molecule has 0 radical (unpaired) electrons. The first-order valence-corrected chi connectivity index (χ1v) is 5.04. The maximum absolute atomic E-state index is 13.5. The Morgan fingerprint density at radius 2 is 2.27 bits per heavy atom. The van der Waals surface area contributed by atoms with Crippen LogP contribution < -0.4 is 4.74 Å². The third-order valence-corrected chi connectivity index (χ3v) is 2.46. The lowest BCUT2D eigenvalue weighted by atomic mass is 10.1. The molecule has 0 saturated carbocycles. The molecule has 15 heavy (non-hydrogen) atoms. The lowest BCUT2D eigenvalue weighted by Crippen LogP contribution is -1.86. The van der Waals surface area contributed by atoms with E-state index in [1.54, 1.807) is 12.1 Å². The van der Waals surface area contributed by atoms with E-state index in [0.29, 0.717) is 17.3 Å². The molecule has 5 heteroatoms. The quantitative estimate of drug-likeness (QED) is 0.911. The normalized spacial score (nSPS) is 10.3. The van der Waals surface area contributed by atoms with E-state index in [4.69, 9.17) is 4.74 Å². The fourth-order valence-corrected chi connectivity index (χ4v) is 1.61. The maximum Gasteiger partial charge on any atom is 0.293 e. The average Bonchev–Trinajstić information content (AvgIpc) is 2.70. The second kappa shape index (κ2) is 4.02. The first-order valence-electron chi connectivity index (χ1n) is 4.25. The third kappa shape index (κ3) is 2.02. The summed E-state index contributed by atoms with van der Waals surface area (Å²) in [5.74, 6) is -0.301. The van der Waals surface area contributed by atoms with Crippen LogP contribution in [-0.2, 0) is 0 Å². The van der Waals surface area contributed by atoms with Crippen molar-refractivity contribution in [2.75, 3.05) is 7.11 Å². The summed E-state index contributed by atoms with van der Waals surface area (Å²) >= 11 is 3.29. The van der Waals surface area contributed by atoms with Gasteiger partial charge in [0.1, 0.15) is 5.82 Å². The highest BCUT2D eigenvalue weighted by Crippen LogP contribution is 2.25. The van der Waals surface area contributed by atoms with E-state index in [-0.39, 0.29) is 5.82 Å². The van der Waals surface area contributed by atoms with Crippen molar-refractivity contribution in [2.45, 2.75) is 0 Å². The Morgan fingerprint density at radius 1 is 1.47 bits per heavy atom. The fourth-order valence-electron chi connectivity index (χ4n) is 1.25. The minimum absolute atomic E-state index is 0.301. The molecule has 1 aromatic heterocycles. The molecule has 2 rings (SSSR count). The number of halogens is 2. The topological polar surface area (TPSA) is 37.9 Å². The molecule has 0 unspecified atom stereocenters. The summed E-state index contributed by atoms with van der Waals surface area (Å²) in [5.41, 5.74) is 1.05. The molecule has 0 aliphatic carbocycles. The van der Waals surface area contributed by atoms with Gasteiger partial charge in [-0.25, -0.2) is 9.37 Å². The van der Waals surface area contributed by atoms with Crippen LogP contribution in [0.4, 0.5) is 4.39 Å². The molecule has 1 N–H and O–H groups in total. The molecular weight excluding hydrogens is 263 g/mol. The van der Waals surface area contributed by atoms with Gasteiger partial charge in [-0.15, -0.1) is 0 Å². The Bertz CT molecular complexity index is 484. The molecule has 3 nitrogen and oxygen atoms in total. The summed E-state index contributed by atoms with van der Waals surface area (Å²) in [6.45, 7) is 0. The second-order valence-electron chi connectivity index (χ2n) is 2.93. The monoisotopic (exact) mass is 270 g/mol.